The molecular formula is C33H46N4O5. The second kappa shape index (κ2) is 16.1. The molecule has 9 heteroatoms. The number of nitrogen functional groups attached to an aromatic ring is 1. The fourth-order valence-electron chi connectivity index (χ4n) is 4.80. The molecule has 1 aliphatic rings. The number of carbonyl (C=O) groups is 4. The number of ketones is 1. The topological polar surface area (TPSA) is 143 Å². The van der Waals surface area contributed by atoms with Gasteiger partial charge in [-0.05, 0) is 49.4 Å². The molecule has 0 spiro atoms. The van der Waals surface area contributed by atoms with Crippen LogP contribution in [0.25, 0.3) is 0 Å². The molecule has 42 heavy (non-hydrogen) atoms. The third kappa shape index (κ3) is 10.3. The molecule has 2 aromatic carbocycles. The minimum atomic E-state index is -0.916. The summed E-state index contributed by atoms with van der Waals surface area (Å²) in [5.74, 6) is -1.29. The molecule has 5 N–H and O–H groups in total. The van der Waals surface area contributed by atoms with E-state index in [1.54, 1.807) is 19.1 Å². The zero-order chi connectivity index (χ0) is 30.5. The van der Waals surface area contributed by atoms with Gasteiger partial charge in [0.2, 0.25) is 17.7 Å². The monoisotopic (exact) mass is 578 g/mol. The highest BCUT2D eigenvalue weighted by atomic mass is 16.6. The van der Waals surface area contributed by atoms with Crippen LogP contribution in [0.5, 0.6) is 0 Å². The van der Waals surface area contributed by atoms with Crippen molar-refractivity contribution in [1.29, 1.82) is 0 Å². The minimum absolute atomic E-state index is 0.194. The lowest BCUT2D eigenvalue weighted by Gasteiger charge is -2.26. The molecule has 1 saturated heterocycles. The predicted octanol–water partition coefficient (Wildman–Crippen LogP) is 3.64. The lowest BCUT2D eigenvalue weighted by Crippen LogP contribution is -2.57. The molecular weight excluding hydrogens is 532 g/mol. The lowest BCUT2D eigenvalue weighted by atomic mass is 9.94. The minimum Gasteiger partial charge on any atom is -0.399 e. The van der Waals surface area contributed by atoms with Crippen LogP contribution in [0, 0.1) is 0 Å². The Balaban J connectivity index is 1.76. The molecule has 228 valence electrons. The highest BCUT2D eigenvalue weighted by Gasteiger charge is 2.50. The normalized spacial score (nSPS) is 17.9. The molecule has 0 bridgehead atoms. The van der Waals surface area contributed by atoms with E-state index in [9.17, 15) is 19.2 Å². The van der Waals surface area contributed by atoms with Gasteiger partial charge in [-0.2, -0.15) is 0 Å². The maximum Gasteiger partial charge on any atom is 0.243 e. The number of hydrogen-bond donors (Lipinski definition) is 4. The quantitative estimate of drug-likeness (QED) is 0.121. The van der Waals surface area contributed by atoms with Gasteiger partial charge in [-0.3, -0.25) is 19.2 Å². The fourth-order valence-corrected chi connectivity index (χ4v) is 4.80. The molecule has 2 aromatic rings. The van der Waals surface area contributed by atoms with Gasteiger partial charge in [0.15, 0.2) is 5.78 Å². The first-order valence-electron chi connectivity index (χ1n) is 15.1. The van der Waals surface area contributed by atoms with Crippen LogP contribution in [0.2, 0.25) is 0 Å². The second-order valence-electron chi connectivity index (χ2n) is 11.4. The first-order chi connectivity index (χ1) is 20.1. The lowest BCUT2D eigenvalue weighted by molar-refractivity contribution is -0.134. The van der Waals surface area contributed by atoms with Crippen LogP contribution >= 0.6 is 0 Å². The van der Waals surface area contributed by atoms with Gasteiger partial charge in [0.05, 0.1) is 12.6 Å². The first kappa shape index (κ1) is 32.8. The SMILES string of the molecule is CCCCCC(=O)NC(Cc1ccc(N)cc1)C(=O)NC(CCCC)C(=O)NC(Cc1ccccc1)C(=O)C1(C)CO1. The van der Waals surface area contributed by atoms with E-state index in [4.69, 9.17) is 10.5 Å². The molecule has 1 fully saturated rings. The zero-order valence-electron chi connectivity index (χ0n) is 25.1. The van der Waals surface area contributed by atoms with Gasteiger partial charge >= 0.3 is 0 Å². The van der Waals surface area contributed by atoms with Crippen LogP contribution in [-0.2, 0) is 36.8 Å². The van der Waals surface area contributed by atoms with E-state index in [-0.39, 0.29) is 18.1 Å². The van der Waals surface area contributed by atoms with Gasteiger partial charge in [-0.1, -0.05) is 82.0 Å². The zero-order valence-corrected chi connectivity index (χ0v) is 25.1. The number of hydrogen-bond acceptors (Lipinski definition) is 6. The van der Waals surface area contributed by atoms with Crippen molar-refractivity contribution in [3.63, 3.8) is 0 Å². The van der Waals surface area contributed by atoms with Crippen molar-refractivity contribution in [2.45, 2.75) is 102 Å². The molecule has 0 saturated carbocycles. The Bertz CT molecular complexity index is 1180. The molecule has 9 nitrogen and oxygen atoms in total. The summed E-state index contributed by atoms with van der Waals surface area (Å²) in [6, 6.07) is 14.1. The summed E-state index contributed by atoms with van der Waals surface area (Å²) in [6.07, 6.45) is 5.44. The van der Waals surface area contributed by atoms with Crippen molar-refractivity contribution in [2.24, 2.45) is 0 Å². The van der Waals surface area contributed by atoms with Gasteiger partial charge in [-0.25, -0.2) is 0 Å². The Hall–Kier alpha value is -3.72. The summed E-state index contributed by atoms with van der Waals surface area (Å²) < 4.78 is 5.40. The Morgan fingerprint density at radius 2 is 1.36 bits per heavy atom. The van der Waals surface area contributed by atoms with Crippen molar-refractivity contribution in [3.05, 3.63) is 65.7 Å². The molecule has 4 atom stereocenters. The number of unbranched alkanes of at least 4 members (excludes halogenated alkanes) is 3. The molecule has 1 aliphatic heterocycles. The van der Waals surface area contributed by atoms with E-state index in [2.05, 4.69) is 22.9 Å². The predicted molar refractivity (Wildman–Crippen MR) is 164 cm³/mol. The summed E-state index contributed by atoms with van der Waals surface area (Å²) >= 11 is 0. The number of epoxide rings is 1. The highest BCUT2D eigenvalue weighted by molar-refractivity contribution is 5.98. The van der Waals surface area contributed by atoms with Crippen molar-refractivity contribution in [2.75, 3.05) is 12.3 Å². The second-order valence-corrected chi connectivity index (χ2v) is 11.4. The Kier molecular flexibility index (Phi) is 12.5. The van der Waals surface area contributed by atoms with Crippen LogP contribution in [0.1, 0.15) is 76.8 Å². The largest absolute Gasteiger partial charge is 0.399 e. The highest BCUT2D eigenvalue weighted by Crippen LogP contribution is 2.29. The fraction of sp³-hybridized carbons (Fsp3) is 0.515. The van der Waals surface area contributed by atoms with Gasteiger partial charge in [0.1, 0.15) is 17.7 Å². The number of Topliss-reactive ketones (excluding diaryl/α,β-unsaturated/α-hetero) is 1. The molecule has 0 radical (unpaired) electrons. The van der Waals surface area contributed by atoms with E-state index >= 15 is 0 Å². The van der Waals surface area contributed by atoms with Crippen LogP contribution in [-0.4, -0.2) is 53.8 Å². The van der Waals surface area contributed by atoms with Crippen LogP contribution < -0.4 is 21.7 Å². The molecule has 0 aliphatic carbocycles. The van der Waals surface area contributed by atoms with Gasteiger partial charge in [0, 0.05) is 18.5 Å². The number of ether oxygens (including phenoxy) is 1. The summed E-state index contributed by atoms with van der Waals surface area (Å²) in [5, 5.41) is 8.67. The number of benzene rings is 2. The Morgan fingerprint density at radius 1 is 0.786 bits per heavy atom. The number of amides is 3. The van der Waals surface area contributed by atoms with Crippen LogP contribution in [0.3, 0.4) is 0 Å². The number of nitrogens with two attached hydrogens (primary N) is 1. The third-order valence-electron chi connectivity index (χ3n) is 7.57. The Labute approximate surface area is 249 Å². The molecule has 4 unspecified atom stereocenters. The van der Waals surface area contributed by atoms with E-state index < -0.39 is 35.5 Å². The van der Waals surface area contributed by atoms with Gasteiger partial charge in [-0.15, -0.1) is 0 Å². The smallest absolute Gasteiger partial charge is 0.243 e. The van der Waals surface area contributed by atoms with E-state index in [0.717, 1.165) is 36.8 Å². The summed E-state index contributed by atoms with van der Waals surface area (Å²) in [5.41, 5.74) is 7.25. The van der Waals surface area contributed by atoms with E-state index in [1.807, 2.05) is 49.4 Å². The standard InChI is InChI=1S/C33H46N4O5/c1-4-6-9-15-29(38)35-28(21-24-16-18-25(34)19-17-24)32(41)36-26(14-7-5-2)31(40)37-27(30(39)33(3)22-42-33)20-23-12-10-8-11-13-23/h8,10-13,16-19,26-28H,4-7,9,14-15,20-22,34H2,1-3H3,(H,35,38)(H,36,41)(H,37,40). The number of carbonyl (C=O) groups excluding carboxylic acids is 4. The van der Waals surface area contributed by atoms with E-state index in [0.29, 0.717) is 38.0 Å². The molecule has 3 rings (SSSR count). The number of nitrogens with one attached hydrogen (secondary N) is 3. The average molecular weight is 579 g/mol. The van der Waals surface area contributed by atoms with Gasteiger partial charge in [0.25, 0.3) is 0 Å². The number of anilines is 1. The van der Waals surface area contributed by atoms with Crippen LogP contribution in [0.4, 0.5) is 5.69 Å². The summed E-state index contributed by atoms with van der Waals surface area (Å²) in [6.45, 7) is 6.10. The van der Waals surface area contributed by atoms with Crippen molar-refractivity contribution in [3.8, 4) is 0 Å². The van der Waals surface area contributed by atoms with Crippen LogP contribution in [0.15, 0.2) is 54.6 Å². The Morgan fingerprint density at radius 3 is 1.98 bits per heavy atom. The first-order valence-corrected chi connectivity index (χ1v) is 15.1. The maximum atomic E-state index is 13.6. The van der Waals surface area contributed by atoms with Crippen molar-refractivity contribution < 1.29 is 23.9 Å². The van der Waals surface area contributed by atoms with E-state index in [1.165, 1.54) is 0 Å². The van der Waals surface area contributed by atoms with Crippen molar-refractivity contribution >= 4 is 29.2 Å². The summed E-state index contributed by atoms with van der Waals surface area (Å²) in [7, 11) is 0. The molecule has 1 heterocycles. The average Bonchev–Trinajstić information content (AvgIpc) is 3.74. The molecule has 0 aromatic heterocycles. The summed E-state index contributed by atoms with van der Waals surface area (Å²) in [4.78, 5) is 53.3. The van der Waals surface area contributed by atoms with Gasteiger partial charge < -0.3 is 26.4 Å². The number of rotatable bonds is 18. The van der Waals surface area contributed by atoms with Crippen molar-refractivity contribution in [1.82, 2.24) is 16.0 Å². The molecule has 3 amide bonds. The third-order valence-corrected chi connectivity index (χ3v) is 7.57. The maximum absolute atomic E-state index is 13.6.